The topological polar surface area (TPSA) is 68.0 Å². The third-order valence-electron chi connectivity index (χ3n) is 3.03. The summed E-state index contributed by atoms with van der Waals surface area (Å²) in [5.74, 6) is -0.641. The van der Waals surface area contributed by atoms with Crippen LogP contribution in [0.25, 0.3) is 0 Å². The number of hydrogen-bond donors (Lipinski definition) is 1. The lowest BCUT2D eigenvalue weighted by molar-refractivity contribution is 0.0689. The molecule has 0 bridgehead atoms. The van der Waals surface area contributed by atoms with Crippen LogP contribution in [0.5, 0.6) is 0 Å². The average molecular weight is 273 g/mol. The Labute approximate surface area is 118 Å². The minimum absolute atomic E-state index is 0.0483. The van der Waals surface area contributed by atoms with Crippen molar-refractivity contribution in [2.75, 3.05) is 0 Å². The maximum Gasteiger partial charge on any atom is 0.358 e. The van der Waals surface area contributed by atoms with Crippen LogP contribution in [0.4, 0.5) is 0 Å². The maximum absolute atomic E-state index is 11.3. The van der Waals surface area contributed by atoms with Gasteiger partial charge in [0.25, 0.3) is 0 Å². The van der Waals surface area contributed by atoms with Gasteiger partial charge < -0.3 is 5.11 Å². The van der Waals surface area contributed by atoms with Crippen LogP contribution in [-0.4, -0.2) is 26.1 Å². The molecule has 106 valence electrons. The number of carbonyl (C=O) groups is 1. The molecule has 2 aromatic rings. The number of benzene rings is 1. The number of carboxylic acids is 1. The molecule has 0 aliphatic rings. The Kier molecular flexibility index (Phi) is 4.17. The zero-order valence-corrected chi connectivity index (χ0v) is 12.0. The monoisotopic (exact) mass is 273 g/mol. The standard InChI is InChI=1S/C15H19N3O2/c1-10(2)9-18-13(14(15(19)20)16-17-18)8-12-6-4-5-11(3)7-12/h4-7,10H,8-9H2,1-3H3,(H,19,20). The molecular weight excluding hydrogens is 254 g/mol. The van der Waals surface area contributed by atoms with Crippen LogP contribution < -0.4 is 0 Å². The fourth-order valence-corrected chi connectivity index (χ4v) is 2.18. The number of hydrogen-bond acceptors (Lipinski definition) is 3. The Hall–Kier alpha value is -2.17. The minimum atomic E-state index is -1.03. The summed E-state index contributed by atoms with van der Waals surface area (Å²) in [6.45, 7) is 6.82. The summed E-state index contributed by atoms with van der Waals surface area (Å²) in [4.78, 5) is 11.3. The summed E-state index contributed by atoms with van der Waals surface area (Å²) in [6, 6.07) is 8.04. The molecule has 0 saturated heterocycles. The lowest BCUT2D eigenvalue weighted by Gasteiger charge is -2.09. The van der Waals surface area contributed by atoms with Crippen molar-refractivity contribution < 1.29 is 9.90 Å². The lowest BCUT2D eigenvalue weighted by Crippen LogP contribution is -2.12. The van der Waals surface area contributed by atoms with Crippen LogP contribution in [0.3, 0.4) is 0 Å². The molecule has 5 nitrogen and oxygen atoms in total. The first kappa shape index (κ1) is 14.2. The molecule has 0 unspecified atom stereocenters. The fourth-order valence-electron chi connectivity index (χ4n) is 2.18. The Morgan fingerprint density at radius 1 is 1.40 bits per heavy atom. The van der Waals surface area contributed by atoms with Crippen molar-refractivity contribution in [2.24, 2.45) is 5.92 Å². The summed E-state index contributed by atoms with van der Waals surface area (Å²) in [5, 5.41) is 17.0. The number of carboxylic acid groups (broad SMARTS) is 1. The molecule has 5 heteroatoms. The van der Waals surface area contributed by atoms with Crippen molar-refractivity contribution in [1.29, 1.82) is 0 Å². The number of aromatic carboxylic acids is 1. The van der Waals surface area contributed by atoms with E-state index < -0.39 is 5.97 Å². The maximum atomic E-state index is 11.3. The molecule has 0 aliphatic heterocycles. The second-order valence-corrected chi connectivity index (χ2v) is 5.43. The third-order valence-corrected chi connectivity index (χ3v) is 3.03. The molecule has 1 heterocycles. The van der Waals surface area contributed by atoms with Crippen molar-refractivity contribution >= 4 is 5.97 Å². The Balaban J connectivity index is 2.37. The summed E-state index contributed by atoms with van der Waals surface area (Å²) < 4.78 is 1.70. The largest absolute Gasteiger partial charge is 0.476 e. The van der Waals surface area contributed by atoms with Gasteiger partial charge in [0.1, 0.15) is 0 Å². The van der Waals surface area contributed by atoms with Crippen molar-refractivity contribution in [3.05, 3.63) is 46.8 Å². The first-order chi connectivity index (χ1) is 9.47. The average Bonchev–Trinajstić information content (AvgIpc) is 2.72. The summed E-state index contributed by atoms with van der Waals surface area (Å²) in [6.07, 6.45) is 0.531. The summed E-state index contributed by atoms with van der Waals surface area (Å²) in [7, 11) is 0. The van der Waals surface area contributed by atoms with E-state index in [2.05, 4.69) is 30.2 Å². The Bertz CT molecular complexity index is 617. The van der Waals surface area contributed by atoms with Crippen LogP contribution in [0.15, 0.2) is 24.3 Å². The van der Waals surface area contributed by atoms with Gasteiger partial charge in [0.05, 0.1) is 5.69 Å². The van der Waals surface area contributed by atoms with Crippen LogP contribution in [0.2, 0.25) is 0 Å². The molecular formula is C15H19N3O2. The highest BCUT2D eigenvalue weighted by Crippen LogP contribution is 2.15. The predicted octanol–water partition coefficient (Wildman–Crippen LogP) is 2.53. The lowest BCUT2D eigenvalue weighted by atomic mass is 10.1. The quantitative estimate of drug-likeness (QED) is 0.909. The van der Waals surface area contributed by atoms with Gasteiger partial charge in [-0.3, -0.25) is 0 Å². The van der Waals surface area contributed by atoms with Gasteiger partial charge in [-0.15, -0.1) is 5.10 Å². The fraction of sp³-hybridized carbons (Fsp3) is 0.400. The van der Waals surface area contributed by atoms with Crippen molar-refractivity contribution in [1.82, 2.24) is 15.0 Å². The van der Waals surface area contributed by atoms with Crippen molar-refractivity contribution in [2.45, 2.75) is 33.7 Å². The number of rotatable bonds is 5. The van der Waals surface area contributed by atoms with Gasteiger partial charge in [0.2, 0.25) is 0 Å². The first-order valence-electron chi connectivity index (χ1n) is 6.68. The molecule has 1 N–H and O–H groups in total. The number of nitrogens with zero attached hydrogens (tertiary/aromatic N) is 3. The summed E-state index contributed by atoms with van der Waals surface area (Å²) >= 11 is 0. The molecule has 1 aromatic heterocycles. The highest BCUT2D eigenvalue weighted by atomic mass is 16.4. The van der Waals surface area contributed by atoms with Gasteiger partial charge in [0, 0.05) is 13.0 Å². The van der Waals surface area contributed by atoms with Gasteiger partial charge in [-0.05, 0) is 18.4 Å². The molecule has 0 spiro atoms. The van der Waals surface area contributed by atoms with E-state index >= 15 is 0 Å². The third kappa shape index (κ3) is 3.23. The Morgan fingerprint density at radius 3 is 2.75 bits per heavy atom. The van der Waals surface area contributed by atoms with Gasteiger partial charge >= 0.3 is 5.97 Å². The zero-order chi connectivity index (χ0) is 14.7. The molecule has 0 aliphatic carbocycles. The minimum Gasteiger partial charge on any atom is -0.476 e. The molecule has 0 radical (unpaired) electrons. The molecule has 0 fully saturated rings. The van der Waals surface area contributed by atoms with Gasteiger partial charge in [0.15, 0.2) is 5.69 Å². The zero-order valence-electron chi connectivity index (χ0n) is 12.0. The van der Waals surface area contributed by atoms with E-state index in [-0.39, 0.29) is 5.69 Å². The smallest absolute Gasteiger partial charge is 0.358 e. The molecule has 0 amide bonds. The van der Waals surface area contributed by atoms with E-state index in [1.807, 2.05) is 25.1 Å². The van der Waals surface area contributed by atoms with Crippen LogP contribution >= 0.6 is 0 Å². The van der Waals surface area contributed by atoms with Crippen LogP contribution in [-0.2, 0) is 13.0 Å². The second kappa shape index (κ2) is 5.86. The van der Waals surface area contributed by atoms with Gasteiger partial charge in [-0.1, -0.05) is 48.9 Å². The van der Waals surface area contributed by atoms with Gasteiger partial charge in [-0.25, -0.2) is 9.48 Å². The molecule has 1 aromatic carbocycles. The van der Waals surface area contributed by atoms with E-state index in [1.54, 1.807) is 4.68 Å². The number of aryl methyl sites for hydroxylation is 1. The molecule has 0 atom stereocenters. The second-order valence-electron chi connectivity index (χ2n) is 5.43. The summed E-state index contributed by atoms with van der Waals surface area (Å²) in [5.41, 5.74) is 2.94. The van der Waals surface area contributed by atoms with Crippen molar-refractivity contribution in [3.8, 4) is 0 Å². The molecule has 2 rings (SSSR count). The molecule has 20 heavy (non-hydrogen) atoms. The highest BCUT2D eigenvalue weighted by molar-refractivity contribution is 5.86. The van der Waals surface area contributed by atoms with Crippen LogP contribution in [0.1, 0.15) is 41.2 Å². The van der Waals surface area contributed by atoms with Gasteiger partial charge in [-0.2, -0.15) is 0 Å². The predicted molar refractivity (Wildman–Crippen MR) is 75.8 cm³/mol. The molecule has 0 saturated carbocycles. The highest BCUT2D eigenvalue weighted by Gasteiger charge is 2.19. The SMILES string of the molecule is Cc1cccc(Cc2c(C(=O)O)nnn2CC(C)C)c1. The van der Waals surface area contributed by atoms with Crippen LogP contribution in [0, 0.1) is 12.8 Å². The normalized spacial score (nSPS) is 11.0. The van der Waals surface area contributed by atoms with E-state index in [0.717, 1.165) is 11.1 Å². The van der Waals surface area contributed by atoms with E-state index in [1.165, 1.54) is 0 Å². The van der Waals surface area contributed by atoms with Crippen molar-refractivity contribution in [3.63, 3.8) is 0 Å². The number of aromatic nitrogens is 3. The first-order valence-corrected chi connectivity index (χ1v) is 6.68. The van der Waals surface area contributed by atoms with E-state index in [9.17, 15) is 9.90 Å². The van der Waals surface area contributed by atoms with E-state index in [0.29, 0.717) is 24.6 Å². The Morgan fingerprint density at radius 2 is 2.15 bits per heavy atom. The van der Waals surface area contributed by atoms with E-state index in [4.69, 9.17) is 0 Å².